The Balaban J connectivity index is 1.43. The second-order valence-corrected chi connectivity index (χ2v) is 7.01. The van der Waals surface area contributed by atoms with E-state index in [1.54, 1.807) is 0 Å². The number of nitrogens with zero attached hydrogens (tertiary/aromatic N) is 5. The Morgan fingerprint density at radius 2 is 2.04 bits per heavy atom. The molecule has 1 fully saturated rings. The molecule has 1 aliphatic heterocycles. The van der Waals surface area contributed by atoms with Gasteiger partial charge in [0.25, 0.3) is 0 Å². The highest BCUT2D eigenvalue weighted by atomic mass is 15.2. The lowest BCUT2D eigenvalue weighted by Gasteiger charge is -2.32. The smallest absolute Gasteiger partial charge is 0.226 e. The lowest BCUT2D eigenvalue weighted by atomic mass is 10.0. The third-order valence-electron chi connectivity index (χ3n) is 4.90. The predicted octanol–water partition coefficient (Wildman–Crippen LogP) is 2.02. The Kier molecular flexibility index (Phi) is 4.42. The van der Waals surface area contributed by atoms with Crippen molar-refractivity contribution < 1.29 is 0 Å². The molecule has 0 aliphatic carbocycles. The average molecular weight is 352 g/mol. The van der Waals surface area contributed by atoms with Crippen LogP contribution in [-0.4, -0.2) is 49.2 Å². The number of rotatable bonds is 4. The molecule has 3 aromatic rings. The van der Waals surface area contributed by atoms with Gasteiger partial charge < -0.3 is 11.1 Å². The minimum atomic E-state index is 0.346. The Labute approximate surface area is 152 Å². The van der Waals surface area contributed by atoms with Gasteiger partial charge in [0.1, 0.15) is 5.82 Å². The average Bonchev–Trinajstić information content (AvgIpc) is 3.08. The van der Waals surface area contributed by atoms with Crippen LogP contribution < -0.4 is 11.1 Å². The zero-order chi connectivity index (χ0) is 18.1. The molecule has 1 aliphatic rings. The topological polar surface area (TPSA) is 109 Å². The summed E-state index contributed by atoms with van der Waals surface area (Å²) < 4.78 is 0. The number of nitrogens with one attached hydrogen (secondary N) is 2. The number of pyridine rings is 1. The van der Waals surface area contributed by atoms with Crippen molar-refractivity contribution in [2.75, 3.05) is 24.1 Å². The number of piperidine rings is 1. The van der Waals surface area contributed by atoms with Crippen LogP contribution in [0.5, 0.6) is 0 Å². The van der Waals surface area contributed by atoms with Crippen LogP contribution in [0.15, 0.2) is 18.5 Å². The largest absolute Gasteiger partial charge is 0.383 e. The molecule has 0 spiro atoms. The van der Waals surface area contributed by atoms with E-state index in [1.165, 1.54) is 5.56 Å². The quantitative estimate of drug-likeness (QED) is 0.659. The SMILES string of the molecule is Cc1cc(C)c2c(N)nc(NC3CCN(Cc4cn[nH]c4)CC3)nc2n1. The monoisotopic (exact) mass is 352 g/mol. The van der Waals surface area contributed by atoms with Crippen LogP contribution >= 0.6 is 0 Å². The van der Waals surface area contributed by atoms with Gasteiger partial charge in [-0.15, -0.1) is 0 Å². The van der Waals surface area contributed by atoms with E-state index in [2.05, 4.69) is 35.4 Å². The highest BCUT2D eigenvalue weighted by Crippen LogP contribution is 2.24. The van der Waals surface area contributed by atoms with Crippen LogP contribution in [0.3, 0.4) is 0 Å². The highest BCUT2D eigenvalue weighted by molar-refractivity contribution is 5.89. The van der Waals surface area contributed by atoms with Gasteiger partial charge in [-0.1, -0.05) is 0 Å². The summed E-state index contributed by atoms with van der Waals surface area (Å²) in [5, 5.41) is 11.2. The van der Waals surface area contributed by atoms with Gasteiger partial charge >= 0.3 is 0 Å². The second-order valence-electron chi connectivity index (χ2n) is 7.01. The molecule has 0 saturated carbocycles. The molecule has 4 heterocycles. The molecule has 4 N–H and O–H groups in total. The molecule has 1 saturated heterocycles. The van der Waals surface area contributed by atoms with Crippen molar-refractivity contribution >= 4 is 22.8 Å². The lowest BCUT2D eigenvalue weighted by molar-refractivity contribution is 0.211. The normalized spacial score (nSPS) is 16.2. The van der Waals surface area contributed by atoms with Crippen LogP contribution in [-0.2, 0) is 6.54 Å². The zero-order valence-electron chi connectivity index (χ0n) is 15.2. The van der Waals surface area contributed by atoms with E-state index < -0.39 is 0 Å². The summed E-state index contributed by atoms with van der Waals surface area (Å²) in [7, 11) is 0. The summed E-state index contributed by atoms with van der Waals surface area (Å²) in [5.41, 5.74) is 10.0. The van der Waals surface area contributed by atoms with Gasteiger partial charge in [-0.05, 0) is 38.3 Å². The molecule has 26 heavy (non-hydrogen) atoms. The third-order valence-corrected chi connectivity index (χ3v) is 4.90. The van der Waals surface area contributed by atoms with E-state index in [0.29, 0.717) is 23.5 Å². The fraction of sp³-hybridized carbons (Fsp3) is 0.444. The molecule has 0 unspecified atom stereocenters. The van der Waals surface area contributed by atoms with E-state index in [-0.39, 0.29) is 0 Å². The number of aryl methyl sites for hydroxylation is 2. The van der Waals surface area contributed by atoms with Gasteiger partial charge in [0.2, 0.25) is 5.95 Å². The number of nitrogens with two attached hydrogens (primary N) is 1. The third kappa shape index (κ3) is 3.45. The van der Waals surface area contributed by atoms with Crippen molar-refractivity contribution in [2.45, 2.75) is 39.3 Å². The molecule has 0 bridgehead atoms. The Hall–Kier alpha value is -2.74. The lowest BCUT2D eigenvalue weighted by Crippen LogP contribution is -2.38. The number of likely N-dealkylation sites (tertiary alicyclic amines) is 1. The van der Waals surface area contributed by atoms with Crippen LogP contribution in [0.2, 0.25) is 0 Å². The summed E-state index contributed by atoms with van der Waals surface area (Å²) in [5.74, 6) is 1.06. The van der Waals surface area contributed by atoms with Crippen molar-refractivity contribution in [1.82, 2.24) is 30.0 Å². The minimum absolute atomic E-state index is 0.346. The summed E-state index contributed by atoms with van der Waals surface area (Å²) in [6.07, 6.45) is 5.92. The van der Waals surface area contributed by atoms with Crippen molar-refractivity contribution in [3.05, 3.63) is 35.3 Å². The van der Waals surface area contributed by atoms with Crippen molar-refractivity contribution in [1.29, 1.82) is 0 Å². The molecule has 0 atom stereocenters. The first-order valence-corrected chi connectivity index (χ1v) is 8.96. The summed E-state index contributed by atoms with van der Waals surface area (Å²) in [4.78, 5) is 16.0. The second kappa shape index (κ2) is 6.87. The molecule has 3 aromatic heterocycles. The van der Waals surface area contributed by atoms with E-state index in [0.717, 1.165) is 49.1 Å². The summed E-state index contributed by atoms with van der Waals surface area (Å²) in [6.45, 7) is 6.98. The first-order chi connectivity index (χ1) is 12.6. The number of aromatic amines is 1. The number of nitrogen functional groups attached to an aromatic ring is 1. The zero-order valence-corrected chi connectivity index (χ0v) is 15.2. The Morgan fingerprint density at radius 3 is 2.77 bits per heavy atom. The Bertz CT molecular complexity index is 897. The van der Waals surface area contributed by atoms with Crippen LogP contribution in [0, 0.1) is 13.8 Å². The molecule has 0 aromatic carbocycles. The van der Waals surface area contributed by atoms with Gasteiger partial charge in [0.15, 0.2) is 5.65 Å². The molecule has 8 nitrogen and oxygen atoms in total. The molecule has 8 heteroatoms. The number of H-pyrrole nitrogens is 1. The predicted molar refractivity (Wildman–Crippen MR) is 102 cm³/mol. The minimum Gasteiger partial charge on any atom is -0.383 e. The van der Waals surface area contributed by atoms with E-state index in [1.807, 2.05) is 32.3 Å². The van der Waals surface area contributed by atoms with Crippen LogP contribution in [0.1, 0.15) is 29.7 Å². The van der Waals surface area contributed by atoms with E-state index >= 15 is 0 Å². The summed E-state index contributed by atoms with van der Waals surface area (Å²) in [6, 6.07) is 2.35. The Morgan fingerprint density at radius 1 is 1.23 bits per heavy atom. The van der Waals surface area contributed by atoms with E-state index in [9.17, 15) is 0 Å². The first-order valence-electron chi connectivity index (χ1n) is 8.96. The highest BCUT2D eigenvalue weighted by Gasteiger charge is 2.21. The maximum atomic E-state index is 6.16. The molecule has 0 radical (unpaired) electrons. The van der Waals surface area contributed by atoms with Crippen LogP contribution in [0.4, 0.5) is 11.8 Å². The van der Waals surface area contributed by atoms with Gasteiger partial charge in [0, 0.05) is 43.1 Å². The number of hydrogen-bond donors (Lipinski definition) is 3. The molecular formula is C18H24N8. The molecular weight excluding hydrogens is 328 g/mol. The molecule has 4 rings (SSSR count). The first kappa shape index (κ1) is 16.7. The summed E-state index contributed by atoms with van der Waals surface area (Å²) >= 11 is 0. The van der Waals surface area contributed by atoms with Gasteiger partial charge in [-0.25, -0.2) is 4.98 Å². The molecule has 136 valence electrons. The van der Waals surface area contributed by atoms with Crippen molar-refractivity contribution in [2.24, 2.45) is 0 Å². The number of anilines is 2. The molecule has 0 amide bonds. The van der Waals surface area contributed by atoms with Crippen molar-refractivity contribution in [3.63, 3.8) is 0 Å². The fourth-order valence-electron chi connectivity index (χ4n) is 3.61. The van der Waals surface area contributed by atoms with Gasteiger partial charge in [0.05, 0.1) is 11.6 Å². The van der Waals surface area contributed by atoms with E-state index in [4.69, 9.17) is 5.73 Å². The number of fused-ring (bicyclic) bond motifs is 1. The maximum Gasteiger partial charge on any atom is 0.226 e. The van der Waals surface area contributed by atoms with Crippen molar-refractivity contribution in [3.8, 4) is 0 Å². The van der Waals surface area contributed by atoms with Gasteiger partial charge in [-0.2, -0.15) is 15.1 Å². The number of aromatic nitrogens is 5. The maximum absolute atomic E-state index is 6.16. The van der Waals surface area contributed by atoms with Gasteiger partial charge in [-0.3, -0.25) is 10.00 Å². The number of hydrogen-bond acceptors (Lipinski definition) is 7. The fourth-order valence-corrected chi connectivity index (χ4v) is 3.61. The van der Waals surface area contributed by atoms with Crippen LogP contribution in [0.25, 0.3) is 11.0 Å². The standard InChI is InChI=1S/C18H24N8/c1-11-7-12(2)22-17-15(11)16(19)24-18(25-17)23-14-3-5-26(6-4-14)10-13-8-20-21-9-13/h7-9,14H,3-6,10H2,1-2H3,(H,20,21)(H3,19,22,23,24,25).